The number of amides is 1. The van der Waals surface area contributed by atoms with E-state index in [0.29, 0.717) is 30.3 Å². The summed E-state index contributed by atoms with van der Waals surface area (Å²) >= 11 is 0. The molecule has 3 rings (SSSR count). The molecule has 25 heavy (non-hydrogen) atoms. The topological polar surface area (TPSA) is 49.9 Å². The SMILES string of the molecule is COc1cccc(C(=O)N2CCN(C(C(C)=O)C3CCCC3)CC2)c1. The molecule has 1 aliphatic heterocycles. The molecule has 1 unspecified atom stereocenters. The van der Waals surface area contributed by atoms with Crippen molar-refractivity contribution in [3.8, 4) is 5.75 Å². The first-order valence-corrected chi connectivity index (χ1v) is 9.28. The molecule has 2 fully saturated rings. The van der Waals surface area contributed by atoms with Crippen molar-refractivity contribution in [1.29, 1.82) is 0 Å². The molecule has 1 heterocycles. The maximum absolute atomic E-state index is 12.7. The fourth-order valence-corrected chi connectivity index (χ4v) is 4.30. The van der Waals surface area contributed by atoms with E-state index in [4.69, 9.17) is 4.74 Å². The van der Waals surface area contributed by atoms with E-state index in [0.717, 1.165) is 25.9 Å². The molecule has 0 N–H and O–H groups in total. The molecule has 1 amide bonds. The minimum atomic E-state index is 0.0385. The Morgan fingerprint density at radius 2 is 1.80 bits per heavy atom. The van der Waals surface area contributed by atoms with E-state index >= 15 is 0 Å². The monoisotopic (exact) mass is 344 g/mol. The molecule has 0 bridgehead atoms. The van der Waals surface area contributed by atoms with Gasteiger partial charge in [-0.25, -0.2) is 0 Å². The number of rotatable bonds is 5. The average molecular weight is 344 g/mol. The van der Waals surface area contributed by atoms with Crippen LogP contribution in [0.3, 0.4) is 0 Å². The van der Waals surface area contributed by atoms with E-state index in [1.54, 1.807) is 20.1 Å². The second-order valence-corrected chi connectivity index (χ2v) is 7.16. The fraction of sp³-hybridized carbons (Fsp3) is 0.600. The molecule has 1 aromatic rings. The molecule has 5 nitrogen and oxygen atoms in total. The summed E-state index contributed by atoms with van der Waals surface area (Å²) < 4.78 is 5.21. The molecule has 0 spiro atoms. The summed E-state index contributed by atoms with van der Waals surface area (Å²) in [4.78, 5) is 29.1. The highest BCUT2D eigenvalue weighted by Crippen LogP contribution is 2.31. The second kappa shape index (κ2) is 8.00. The lowest BCUT2D eigenvalue weighted by atomic mass is 9.93. The predicted octanol–water partition coefficient (Wildman–Crippen LogP) is 2.60. The van der Waals surface area contributed by atoms with Gasteiger partial charge >= 0.3 is 0 Å². The van der Waals surface area contributed by atoms with Crippen molar-refractivity contribution in [2.75, 3.05) is 33.3 Å². The van der Waals surface area contributed by atoms with Crippen LogP contribution >= 0.6 is 0 Å². The number of nitrogens with zero attached hydrogens (tertiary/aromatic N) is 2. The zero-order valence-corrected chi connectivity index (χ0v) is 15.2. The first-order chi connectivity index (χ1) is 12.1. The lowest BCUT2D eigenvalue weighted by Crippen LogP contribution is -2.55. The van der Waals surface area contributed by atoms with Crippen LogP contribution in [0.4, 0.5) is 0 Å². The third kappa shape index (κ3) is 4.03. The number of piperazine rings is 1. The number of carbonyl (C=O) groups is 2. The number of benzene rings is 1. The van der Waals surface area contributed by atoms with Crippen molar-refractivity contribution in [1.82, 2.24) is 9.80 Å². The summed E-state index contributed by atoms with van der Waals surface area (Å²) in [5.41, 5.74) is 0.659. The van der Waals surface area contributed by atoms with Crippen molar-refractivity contribution in [2.45, 2.75) is 38.6 Å². The Balaban J connectivity index is 1.62. The number of methoxy groups -OCH3 is 1. The predicted molar refractivity (Wildman–Crippen MR) is 96.9 cm³/mol. The zero-order valence-electron chi connectivity index (χ0n) is 15.2. The standard InChI is InChI=1S/C20H28N2O3/c1-15(23)19(16-6-3-4-7-16)21-10-12-22(13-11-21)20(24)17-8-5-9-18(14-17)25-2/h5,8-9,14,16,19H,3-4,6-7,10-13H2,1-2H3. The summed E-state index contributed by atoms with van der Waals surface area (Å²) in [6, 6.07) is 7.33. The molecule has 0 radical (unpaired) electrons. The zero-order chi connectivity index (χ0) is 17.8. The highest BCUT2D eigenvalue weighted by atomic mass is 16.5. The fourth-order valence-electron chi connectivity index (χ4n) is 4.30. The van der Waals surface area contributed by atoms with Gasteiger partial charge in [-0.1, -0.05) is 18.9 Å². The highest BCUT2D eigenvalue weighted by molar-refractivity contribution is 5.94. The number of Topliss-reactive ketones (excluding diaryl/α,β-unsaturated/α-hetero) is 1. The lowest BCUT2D eigenvalue weighted by molar-refractivity contribution is -0.124. The van der Waals surface area contributed by atoms with Crippen molar-refractivity contribution in [2.24, 2.45) is 5.92 Å². The van der Waals surface area contributed by atoms with Gasteiger partial charge in [0.05, 0.1) is 13.2 Å². The first kappa shape index (κ1) is 17.9. The summed E-state index contributed by atoms with van der Waals surface area (Å²) in [5, 5.41) is 0. The summed E-state index contributed by atoms with van der Waals surface area (Å²) in [5.74, 6) is 1.51. The Hall–Kier alpha value is -1.88. The van der Waals surface area contributed by atoms with Crippen molar-refractivity contribution >= 4 is 11.7 Å². The van der Waals surface area contributed by atoms with Gasteiger partial charge in [0, 0.05) is 31.7 Å². The normalized spacial score (nSPS) is 20.5. The van der Waals surface area contributed by atoms with Gasteiger partial charge in [0.15, 0.2) is 0 Å². The van der Waals surface area contributed by atoms with Gasteiger partial charge in [-0.2, -0.15) is 0 Å². The van der Waals surface area contributed by atoms with Crippen molar-refractivity contribution < 1.29 is 14.3 Å². The molecule has 1 saturated heterocycles. The van der Waals surface area contributed by atoms with Gasteiger partial charge in [-0.3, -0.25) is 14.5 Å². The number of hydrogen-bond acceptors (Lipinski definition) is 4. The van der Waals surface area contributed by atoms with Crippen molar-refractivity contribution in [3.63, 3.8) is 0 Å². The van der Waals surface area contributed by atoms with Crippen LogP contribution < -0.4 is 4.74 Å². The van der Waals surface area contributed by atoms with Gasteiger partial charge < -0.3 is 9.64 Å². The summed E-state index contributed by atoms with van der Waals surface area (Å²) in [6.07, 6.45) is 4.80. The Morgan fingerprint density at radius 3 is 2.40 bits per heavy atom. The van der Waals surface area contributed by atoms with Crippen LogP contribution in [0, 0.1) is 5.92 Å². The van der Waals surface area contributed by atoms with Gasteiger partial charge in [0.2, 0.25) is 0 Å². The molecule has 0 aromatic heterocycles. The molecule has 1 aliphatic carbocycles. The molecular formula is C20H28N2O3. The second-order valence-electron chi connectivity index (χ2n) is 7.16. The van der Waals surface area contributed by atoms with E-state index in [-0.39, 0.29) is 17.7 Å². The summed E-state index contributed by atoms with van der Waals surface area (Å²) in [7, 11) is 1.60. The highest BCUT2D eigenvalue weighted by Gasteiger charge is 2.35. The van der Waals surface area contributed by atoms with Gasteiger partial charge in [0.25, 0.3) is 5.91 Å². The van der Waals surface area contributed by atoms with Crippen molar-refractivity contribution in [3.05, 3.63) is 29.8 Å². The smallest absolute Gasteiger partial charge is 0.254 e. The number of carbonyl (C=O) groups excluding carboxylic acids is 2. The Kier molecular flexibility index (Phi) is 5.74. The maximum atomic E-state index is 12.7. The molecule has 2 aliphatic rings. The maximum Gasteiger partial charge on any atom is 0.254 e. The molecule has 5 heteroatoms. The molecule has 1 atom stereocenters. The Labute approximate surface area is 149 Å². The van der Waals surface area contributed by atoms with E-state index < -0.39 is 0 Å². The number of ketones is 1. The van der Waals surface area contributed by atoms with Gasteiger partial charge in [-0.05, 0) is 43.9 Å². The number of ether oxygens (including phenoxy) is 1. The van der Waals surface area contributed by atoms with E-state index in [9.17, 15) is 9.59 Å². The minimum absolute atomic E-state index is 0.0385. The van der Waals surface area contributed by atoms with Crippen LogP contribution in [0.2, 0.25) is 0 Å². The van der Waals surface area contributed by atoms with Gasteiger partial charge in [0.1, 0.15) is 11.5 Å². The first-order valence-electron chi connectivity index (χ1n) is 9.28. The number of hydrogen-bond donors (Lipinski definition) is 0. The van der Waals surface area contributed by atoms with Crippen LogP contribution in [0.5, 0.6) is 5.75 Å². The summed E-state index contributed by atoms with van der Waals surface area (Å²) in [6.45, 7) is 4.61. The third-order valence-corrected chi connectivity index (χ3v) is 5.57. The quantitative estimate of drug-likeness (QED) is 0.824. The van der Waals surface area contributed by atoms with Crippen LogP contribution in [0.25, 0.3) is 0 Å². The molecule has 1 aromatic carbocycles. The van der Waals surface area contributed by atoms with Crippen LogP contribution in [0.1, 0.15) is 43.0 Å². The largest absolute Gasteiger partial charge is 0.497 e. The van der Waals surface area contributed by atoms with E-state index in [1.807, 2.05) is 23.1 Å². The Morgan fingerprint density at radius 1 is 1.12 bits per heavy atom. The van der Waals surface area contributed by atoms with E-state index in [2.05, 4.69) is 4.90 Å². The van der Waals surface area contributed by atoms with E-state index in [1.165, 1.54) is 12.8 Å². The molecule has 1 saturated carbocycles. The Bertz CT molecular complexity index is 617. The minimum Gasteiger partial charge on any atom is -0.497 e. The molecular weight excluding hydrogens is 316 g/mol. The molecule has 136 valence electrons. The van der Waals surface area contributed by atoms with Crippen LogP contribution in [0.15, 0.2) is 24.3 Å². The lowest BCUT2D eigenvalue weighted by Gasteiger charge is -2.40. The van der Waals surface area contributed by atoms with Crippen LogP contribution in [-0.4, -0.2) is 60.8 Å². The van der Waals surface area contributed by atoms with Crippen LogP contribution in [-0.2, 0) is 4.79 Å². The van der Waals surface area contributed by atoms with Gasteiger partial charge in [-0.15, -0.1) is 0 Å². The average Bonchev–Trinajstić information content (AvgIpc) is 3.15. The third-order valence-electron chi connectivity index (χ3n) is 5.57.